The van der Waals surface area contributed by atoms with Crippen LogP contribution in [0.4, 0.5) is 0 Å². The van der Waals surface area contributed by atoms with Gasteiger partial charge >= 0.3 is 0 Å². The minimum absolute atomic E-state index is 0.0908. The number of oxazole rings is 1. The highest BCUT2D eigenvalue weighted by Crippen LogP contribution is 2.27. The molecule has 170 valence electrons. The van der Waals surface area contributed by atoms with Gasteiger partial charge in [-0.3, -0.25) is 4.79 Å². The zero-order valence-electron chi connectivity index (χ0n) is 18.4. The van der Waals surface area contributed by atoms with E-state index in [1.54, 1.807) is 56.5 Å². The van der Waals surface area contributed by atoms with Crippen molar-refractivity contribution in [2.75, 3.05) is 27.1 Å². The van der Waals surface area contributed by atoms with Gasteiger partial charge in [-0.25, -0.2) is 13.4 Å². The summed E-state index contributed by atoms with van der Waals surface area (Å²) in [5, 5.41) is 0. The Morgan fingerprint density at radius 2 is 1.72 bits per heavy atom. The molecule has 0 bridgehead atoms. The van der Waals surface area contributed by atoms with E-state index in [0.717, 1.165) is 0 Å². The van der Waals surface area contributed by atoms with Gasteiger partial charge in [-0.1, -0.05) is 6.07 Å². The Balaban J connectivity index is 1.73. The van der Waals surface area contributed by atoms with E-state index >= 15 is 0 Å². The molecule has 0 saturated heterocycles. The normalized spacial score (nSPS) is 11.2. The van der Waals surface area contributed by atoms with Gasteiger partial charge < -0.3 is 18.6 Å². The SMILES string of the molecule is COc1cccc(-c2nc(CS(=O)(=O)CC(=O)Cc3cc(OC)ccc3OC)c(C)o2)c1. The molecule has 3 aromatic rings. The van der Waals surface area contributed by atoms with Gasteiger partial charge in [0, 0.05) is 17.5 Å². The van der Waals surface area contributed by atoms with Crippen LogP contribution >= 0.6 is 0 Å². The van der Waals surface area contributed by atoms with Crippen LogP contribution < -0.4 is 14.2 Å². The van der Waals surface area contributed by atoms with Crippen molar-refractivity contribution in [3.63, 3.8) is 0 Å². The quantitative estimate of drug-likeness (QED) is 0.454. The number of sulfone groups is 1. The summed E-state index contributed by atoms with van der Waals surface area (Å²) in [7, 11) is 0.787. The molecule has 9 heteroatoms. The second-order valence-corrected chi connectivity index (χ2v) is 9.24. The predicted octanol–water partition coefficient (Wildman–Crippen LogP) is 3.40. The third-order valence-electron chi connectivity index (χ3n) is 4.82. The third kappa shape index (κ3) is 5.67. The highest BCUT2D eigenvalue weighted by atomic mass is 32.2. The zero-order chi connectivity index (χ0) is 23.3. The minimum atomic E-state index is -3.76. The Bertz CT molecular complexity index is 1210. The van der Waals surface area contributed by atoms with E-state index < -0.39 is 27.1 Å². The number of Topliss-reactive ketones (excluding diaryl/α,β-unsaturated/α-hetero) is 1. The number of benzene rings is 2. The molecule has 0 radical (unpaired) electrons. The average Bonchev–Trinajstić information content (AvgIpc) is 3.12. The molecule has 0 amide bonds. The average molecular weight is 460 g/mol. The molecule has 0 spiro atoms. The van der Waals surface area contributed by atoms with E-state index in [0.29, 0.717) is 40.0 Å². The first-order valence-electron chi connectivity index (χ1n) is 9.78. The summed E-state index contributed by atoms with van der Waals surface area (Å²) in [5.74, 6) is 0.886. The van der Waals surface area contributed by atoms with Crippen molar-refractivity contribution in [3.8, 4) is 28.7 Å². The van der Waals surface area contributed by atoms with Gasteiger partial charge in [0.05, 0.1) is 32.8 Å². The van der Waals surface area contributed by atoms with Gasteiger partial charge in [0.25, 0.3) is 0 Å². The van der Waals surface area contributed by atoms with E-state index in [1.807, 2.05) is 0 Å². The van der Waals surface area contributed by atoms with Crippen LogP contribution in [0.2, 0.25) is 0 Å². The maximum absolute atomic E-state index is 12.7. The monoisotopic (exact) mass is 459 g/mol. The van der Waals surface area contributed by atoms with Gasteiger partial charge in [-0.15, -0.1) is 0 Å². The summed E-state index contributed by atoms with van der Waals surface area (Å²) >= 11 is 0. The first-order chi connectivity index (χ1) is 15.2. The Kier molecular flexibility index (Phi) is 7.19. The van der Waals surface area contributed by atoms with Crippen LogP contribution in [0.1, 0.15) is 17.0 Å². The van der Waals surface area contributed by atoms with E-state index in [4.69, 9.17) is 18.6 Å². The first-order valence-corrected chi connectivity index (χ1v) is 11.6. The number of hydrogen-bond donors (Lipinski definition) is 0. The number of aromatic nitrogens is 1. The zero-order valence-corrected chi connectivity index (χ0v) is 19.2. The van der Waals surface area contributed by atoms with Crippen molar-refractivity contribution in [3.05, 3.63) is 59.5 Å². The van der Waals surface area contributed by atoms with E-state index in [2.05, 4.69) is 4.98 Å². The fraction of sp³-hybridized carbons (Fsp3) is 0.304. The van der Waals surface area contributed by atoms with Crippen LogP contribution in [0.25, 0.3) is 11.5 Å². The van der Waals surface area contributed by atoms with E-state index in [-0.39, 0.29) is 12.1 Å². The van der Waals surface area contributed by atoms with Crippen LogP contribution in [0.3, 0.4) is 0 Å². The minimum Gasteiger partial charge on any atom is -0.497 e. The van der Waals surface area contributed by atoms with Crippen molar-refractivity contribution >= 4 is 15.6 Å². The molecule has 0 atom stereocenters. The molecule has 32 heavy (non-hydrogen) atoms. The Morgan fingerprint density at radius 1 is 1.00 bits per heavy atom. The lowest BCUT2D eigenvalue weighted by molar-refractivity contribution is -0.116. The molecule has 2 aromatic carbocycles. The van der Waals surface area contributed by atoms with Crippen molar-refractivity contribution in [2.24, 2.45) is 0 Å². The highest BCUT2D eigenvalue weighted by Gasteiger charge is 2.23. The number of carbonyl (C=O) groups is 1. The molecule has 0 unspecified atom stereocenters. The fourth-order valence-electron chi connectivity index (χ4n) is 3.23. The van der Waals surface area contributed by atoms with Gasteiger partial charge in [-0.2, -0.15) is 0 Å². The molecule has 8 nitrogen and oxygen atoms in total. The number of methoxy groups -OCH3 is 3. The van der Waals surface area contributed by atoms with Crippen LogP contribution in [0.15, 0.2) is 46.9 Å². The standard InChI is InChI=1S/C23H25NO7S/c1-15-21(24-23(31-15)16-6-5-7-19(11-16)28-2)14-32(26,27)13-18(25)10-17-12-20(29-3)8-9-22(17)30-4/h5-9,11-12H,10,13-14H2,1-4H3. The highest BCUT2D eigenvalue weighted by molar-refractivity contribution is 7.91. The smallest absolute Gasteiger partial charge is 0.226 e. The molecule has 0 N–H and O–H groups in total. The molecular formula is C23H25NO7S. The first kappa shape index (κ1) is 23.3. The summed E-state index contributed by atoms with van der Waals surface area (Å²) in [5.41, 5.74) is 1.50. The Hall–Kier alpha value is -3.33. The summed E-state index contributed by atoms with van der Waals surface area (Å²) in [6, 6.07) is 12.1. The molecule has 1 heterocycles. The summed E-state index contributed by atoms with van der Waals surface area (Å²) < 4.78 is 46.7. The van der Waals surface area contributed by atoms with Crippen LogP contribution in [0, 0.1) is 6.92 Å². The number of ether oxygens (including phenoxy) is 3. The molecule has 0 fully saturated rings. The van der Waals surface area contributed by atoms with E-state index in [9.17, 15) is 13.2 Å². The molecule has 0 aliphatic carbocycles. The number of aryl methyl sites for hydroxylation is 1. The number of nitrogens with zero attached hydrogens (tertiary/aromatic N) is 1. The van der Waals surface area contributed by atoms with Crippen LogP contribution in [-0.4, -0.2) is 46.3 Å². The van der Waals surface area contributed by atoms with Crippen molar-refractivity contribution in [1.29, 1.82) is 0 Å². The van der Waals surface area contributed by atoms with Crippen molar-refractivity contribution in [1.82, 2.24) is 4.98 Å². The summed E-state index contributed by atoms with van der Waals surface area (Å²) in [4.78, 5) is 16.9. The van der Waals surface area contributed by atoms with E-state index in [1.165, 1.54) is 14.2 Å². The lowest BCUT2D eigenvalue weighted by atomic mass is 10.1. The number of ketones is 1. The van der Waals surface area contributed by atoms with Gasteiger partial charge in [0.2, 0.25) is 5.89 Å². The lowest BCUT2D eigenvalue weighted by Crippen LogP contribution is -2.20. The second-order valence-electron chi connectivity index (χ2n) is 7.18. The van der Waals surface area contributed by atoms with Crippen molar-refractivity contribution in [2.45, 2.75) is 19.1 Å². The fourth-order valence-corrected chi connectivity index (χ4v) is 4.61. The maximum Gasteiger partial charge on any atom is 0.226 e. The predicted molar refractivity (Wildman–Crippen MR) is 119 cm³/mol. The molecular weight excluding hydrogens is 434 g/mol. The maximum atomic E-state index is 12.7. The molecule has 3 rings (SSSR count). The topological polar surface area (TPSA) is 105 Å². The van der Waals surface area contributed by atoms with Gasteiger partial charge in [-0.05, 0) is 43.3 Å². The van der Waals surface area contributed by atoms with Gasteiger partial charge in [0.15, 0.2) is 15.6 Å². The van der Waals surface area contributed by atoms with Crippen LogP contribution in [0.5, 0.6) is 17.2 Å². The largest absolute Gasteiger partial charge is 0.497 e. The lowest BCUT2D eigenvalue weighted by Gasteiger charge is -2.10. The van der Waals surface area contributed by atoms with Crippen molar-refractivity contribution < 1.29 is 31.8 Å². The van der Waals surface area contributed by atoms with Crippen LogP contribution in [-0.2, 0) is 26.8 Å². The number of carbonyl (C=O) groups excluding carboxylic acids is 1. The Labute approximate surface area is 187 Å². The number of rotatable bonds is 10. The molecule has 0 aliphatic heterocycles. The van der Waals surface area contributed by atoms with Gasteiger partial charge in [0.1, 0.15) is 28.8 Å². The summed E-state index contributed by atoms with van der Waals surface area (Å²) in [6.07, 6.45) is -0.0908. The third-order valence-corrected chi connectivity index (χ3v) is 6.30. The molecule has 0 aliphatic rings. The Morgan fingerprint density at radius 3 is 2.41 bits per heavy atom. The second kappa shape index (κ2) is 9.86. The molecule has 1 aromatic heterocycles. The summed E-state index contributed by atoms with van der Waals surface area (Å²) in [6.45, 7) is 1.64. The number of hydrogen-bond acceptors (Lipinski definition) is 8. The molecule has 0 saturated carbocycles.